The molecule has 0 spiro atoms. The van der Waals surface area contributed by atoms with Gasteiger partial charge in [0.2, 0.25) is 0 Å². The van der Waals surface area contributed by atoms with Crippen LogP contribution in [0, 0.1) is 11.3 Å². The molecular weight excluding hydrogens is 536 g/mol. The normalized spacial score (nSPS) is 15.0. The van der Waals surface area contributed by atoms with Crippen molar-refractivity contribution in [3.8, 4) is 0 Å². The summed E-state index contributed by atoms with van der Waals surface area (Å²) in [5.41, 5.74) is -0.829. The second kappa shape index (κ2) is 11.4. The summed E-state index contributed by atoms with van der Waals surface area (Å²) in [7, 11) is 0. The summed E-state index contributed by atoms with van der Waals surface area (Å²) in [6.07, 6.45) is -8.12. The molecule has 0 radical (unpaired) electrons. The molecule has 0 aliphatic heterocycles. The van der Waals surface area contributed by atoms with Gasteiger partial charge in [-0.1, -0.05) is 20.8 Å². The zero-order chi connectivity index (χ0) is 29.0. The van der Waals surface area contributed by atoms with E-state index in [9.17, 15) is 62.3 Å². The van der Waals surface area contributed by atoms with Crippen LogP contribution in [0.3, 0.4) is 0 Å². The molecule has 0 heterocycles. The van der Waals surface area contributed by atoms with Crippen molar-refractivity contribution in [2.45, 2.75) is 69.7 Å². The lowest BCUT2D eigenvalue weighted by Gasteiger charge is -2.38. The lowest BCUT2D eigenvalue weighted by atomic mass is 9.82. The highest BCUT2D eigenvalue weighted by Crippen LogP contribution is 2.58. The fourth-order valence-electron chi connectivity index (χ4n) is 2.93. The number of rotatable bonds is 14. The zero-order valence-corrected chi connectivity index (χ0v) is 18.9. The van der Waals surface area contributed by atoms with Crippen LogP contribution in [-0.2, 0) is 4.74 Å². The van der Waals surface area contributed by atoms with Gasteiger partial charge in [0.15, 0.2) is 6.61 Å². The lowest BCUT2D eigenvalue weighted by Crippen LogP contribution is -2.69. The molecule has 0 aromatic carbocycles. The Balaban J connectivity index is 5.18. The van der Waals surface area contributed by atoms with Gasteiger partial charge in [-0.25, -0.2) is 18.4 Å². The number of halogens is 12. The molecule has 1 unspecified atom stereocenters. The van der Waals surface area contributed by atoms with Gasteiger partial charge in [0, 0.05) is 13.1 Å². The van der Waals surface area contributed by atoms with Crippen molar-refractivity contribution in [3.63, 3.8) is 0 Å². The third-order valence-electron chi connectivity index (χ3n) is 4.85. The topological polar surface area (TPSA) is 87.7 Å². The van der Waals surface area contributed by atoms with Crippen LogP contribution in [0.5, 0.6) is 0 Å². The van der Waals surface area contributed by atoms with Crippen LogP contribution in [0.25, 0.3) is 0 Å². The second-order valence-electron chi connectivity index (χ2n) is 8.78. The molecule has 1 atom stereocenters. The van der Waals surface area contributed by atoms with Gasteiger partial charge in [0.05, 0.1) is 0 Å². The largest absolute Gasteiger partial charge is 0.465 e. The zero-order valence-electron chi connectivity index (χ0n) is 18.9. The van der Waals surface area contributed by atoms with Crippen LogP contribution in [0.1, 0.15) is 33.6 Å². The Bertz CT molecular complexity index is 762. The average molecular weight is 560 g/mol. The summed E-state index contributed by atoms with van der Waals surface area (Å²) >= 11 is 0. The predicted molar refractivity (Wildman–Crippen MR) is 98.3 cm³/mol. The van der Waals surface area contributed by atoms with E-state index >= 15 is 0 Å². The number of alkyl halides is 12. The SMILES string of the molecule is CC(CCNC(=O)O)CC(C)(C)CNC(=O)OCC(F)(F)C(F)(F)C(F)(F)C(F)(F)C(F)(F)C(F)F. The van der Waals surface area contributed by atoms with Crippen LogP contribution in [-0.4, -0.2) is 73.0 Å². The van der Waals surface area contributed by atoms with Crippen molar-refractivity contribution in [3.05, 3.63) is 0 Å². The van der Waals surface area contributed by atoms with E-state index in [-0.39, 0.29) is 19.0 Å². The molecule has 0 aliphatic carbocycles. The van der Waals surface area contributed by atoms with Gasteiger partial charge in [0.25, 0.3) is 0 Å². The first kappa shape index (κ1) is 33.7. The Morgan fingerprint density at radius 3 is 1.81 bits per heavy atom. The first-order valence-corrected chi connectivity index (χ1v) is 9.90. The maximum Gasteiger partial charge on any atom is 0.407 e. The number of carbonyl (C=O) groups is 2. The first-order chi connectivity index (χ1) is 15.9. The first-order valence-electron chi connectivity index (χ1n) is 9.90. The molecule has 214 valence electrons. The number of hydrogen-bond acceptors (Lipinski definition) is 3. The summed E-state index contributed by atoms with van der Waals surface area (Å²) in [6, 6.07) is 0. The monoisotopic (exact) mass is 560 g/mol. The maximum absolute atomic E-state index is 13.7. The van der Waals surface area contributed by atoms with E-state index < -0.39 is 60.2 Å². The molecule has 0 bridgehead atoms. The number of amides is 2. The fraction of sp³-hybridized carbons (Fsp3) is 0.889. The highest BCUT2D eigenvalue weighted by molar-refractivity contribution is 5.67. The van der Waals surface area contributed by atoms with Crippen LogP contribution in [0.2, 0.25) is 0 Å². The minimum absolute atomic E-state index is 0.0816. The standard InChI is InChI=1S/C18H24F12N2O4/c1-9(4-5-31-11(33)34)6-13(2,3)7-32-12(35)36-8-14(21,22)16(25,26)18(29,30)17(27,28)15(23,24)10(19)20/h9-10,31H,4-8H2,1-3H3,(H,32,35)(H,33,34). The summed E-state index contributed by atoms with van der Waals surface area (Å²) in [5, 5.41) is 12.4. The minimum Gasteiger partial charge on any atom is -0.465 e. The van der Waals surface area contributed by atoms with Gasteiger partial charge in [0.1, 0.15) is 0 Å². The Morgan fingerprint density at radius 2 is 1.36 bits per heavy atom. The van der Waals surface area contributed by atoms with Gasteiger partial charge in [-0.05, 0) is 24.2 Å². The van der Waals surface area contributed by atoms with Crippen LogP contribution in [0.4, 0.5) is 62.3 Å². The van der Waals surface area contributed by atoms with E-state index in [1.807, 2.05) is 5.32 Å². The molecular formula is C18H24F12N2O4. The van der Waals surface area contributed by atoms with Gasteiger partial charge in [-0.3, -0.25) is 0 Å². The molecule has 3 N–H and O–H groups in total. The van der Waals surface area contributed by atoms with Crippen LogP contribution < -0.4 is 10.6 Å². The Kier molecular flexibility index (Phi) is 10.7. The predicted octanol–water partition coefficient (Wildman–Crippen LogP) is 5.86. The lowest BCUT2D eigenvalue weighted by molar-refractivity contribution is -0.414. The number of carbonyl (C=O) groups excluding carboxylic acids is 1. The number of alkyl carbamates (subject to hydrolysis) is 1. The molecule has 0 aromatic rings. The third kappa shape index (κ3) is 7.60. The number of ether oxygens (including phenoxy) is 1. The van der Waals surface area contributed by atoms with Crippen molar-refractivity contribution < 1.29 is 72.1 Å². The maximum atomic E-state index is 13.7. The van der Waals surface area contributed by atoms with Crippen LogP contribution in [0.15, 0.2) is 0 Å². The van der Waals surface area contributed by atoms with Crippen molar-refractivity contribution >= 4 is 12.2 Å². The van der Waals surface area contributed by atoms with Gasteiger partial charge in [-0.15, -0.1) is 0 Å². The molecule has 0 saturated heterocycles. The second-order valence-corrected chi connectivity index (χ2v) is 8.78. The molecule has 0 aliphatic rings. The quantitative estimate of drug-likeness (QED) is 0.232. The average Bonchev–Trinajstić information content (AvgIpc) is 2.69. The van der Waals surface area contributed by atoms with E-state index in [1.54, 1.807) is 6.92 Å². The van der Waals surface area contributed by atoms with Gasteiger partial charge < -0.3 is 20.5 Å². The van der Waals surface area contributed by atoms with E-state index in [1.165, 1.54) is 13.8 Å². The molecule has 0 aromatic heterocycles. The van der Waals surface area contributed by atoms with Crippen molar-refractivity contribution in [2.24, 2.45) is 11.3 Å². The fourth-order valence-corrected chi connectivity index (χ4v) is 2.93. The number of nitrogens with one attached hydrogen (secondary N) is 2. The Morgan fingerprint density at radius 1 is 0.861 bits per heavy atom. The molecule has 2 amide bonds. The summed E-state index contributed by atoms with van der Waals surface area (Å²) in [6.45, 7) is 1.47. The minimum atomic E-state index is -7.70. The highest BCUT2D eigenvalue weighted by atomic mass is 19.4. The van der Waals surface area contributed by atoms with E-state index in [0.29, 0.717) is 12.8 Å². The summed E-state index contributed by atoms with van der Waals surface area (Å²) in [4.78, 5) is 21.9. The van der Waals surface area contributed by atoms with E-state index in [4.69, 9.17) is 5.11 Å². The van der Waals surface area contributed by atoms with Gasteiger partial charge in [-0.2, -0.15) is 43.9 Å². The summed E-state index contributed by atoms with van der Waals surface area (Å²) in [5.74, 6) is -36.3. The smallest absolute Gasteiger partial charge is 0.407 e. The van der Waals surface area contributed by atoms with Crippen molar-refractivity contribution in [1.82, 2.24) is 10.6 Å². The third-order valence-corrected chi connectivity index (χ3v) is 4.85. The van der Waals surface area contributed by atoms with E-state index in [0.717, 1.165) is 0 Å². The molecule has 18 heteroatoms. The van der Waals surface area contributed by atoms with Crippen molar-refractivity contribution in [1.29, 1.82) is 0 Å². The molecule has 0 saturated carbocycles. The number of hydrogen-bond donors (Lipinski definition) is 3. The van der Waals surface area contributed by atoms with E-state index in [2.05, 4.69) is 10.1 Å². The molecule has 0 fully saturated rings. The molecule has 6 nitrogen and oxygen atoms in total. The Labute approximate surface area is 196 Å². The highest BCUT2D eigenvalue weighted by Gasteiger charge is 2.87. The van der Waals surface area contributed by atoms with Gasteiger partial charge >= 0.3 is 48.2 Å². The van der Waals surface area contributed by atoms with Crippen LogP contribution >= 0.6 is 0 Å². The Hall–Kier alpha value is -2.30. The van der Waals surface area contributed by atoms with Crippen molar-refractivity contribution in [2.75, 3.05) is 19.7 Å². The number of carboxylic acid groups (broad SMARTS) is 1. The molecule has 0 rings (SSSR count). The summed E-state index contributed by atoms with van der Waals surface area (Å²) < 4.78 is 161. The molecule has 36 heavy (non-hydrogen) atoms.